The summed E-state index contributed by atoms with van der Waals surface area (Å²) in [6.07, 6.45) is 1.64. The van der Waals surface area contributed by atoms with Gasteiger partial charge in [0.1, 0.15) is 5.56 Å². The maximum atomic E-state index is 12.7. The summed E-state index contributed by atoms with van der Waals surface area (Å²) >= 11 is 0. The molecule has 4 aromatic heterocycles. The Morgan fingerprint density at radius 2 is 2.12 bits per heavy atom. The van der Waals surface area contributed by atoms with Gasteiger partial charge >= 0.3 is 0 Å². The van der Waals surface area contributed by atoms with E-state index < -0.39 is 0 Å². The molecule has 0 aliphatic heterocycles. The maximum Gasteiger partial charge on any atom is 0.257 e. The van der Waals surface area contributed by atoms with Gasteiger partial charge in [-0.3, -0.25) is 4.79 Å². The van der Waals surface area contributed by atoms with E-state index in [-0.39, 0.29) is 12.5 Å². The molecule has 8 nitrogen and oxygen atoms in total. The Kier molecular flexibility index (Phi) is 3.45. The molecular weight excluding hydrogens is 320 g/mol. The Morgan fingerprint density at radius 3 is 2.92 bits per heavy atom. The molecule has 126 valence electrons. The zero-order chi connectivity index (χ0) is 17.6. The first-order valence-corrected chi connectivity index (χ1v) is 7.85. The summed E-state index contributed by atoms with van der Waals surface area (Å²) in [6.45, 7) is 5.78. The summed E-state index contributed by atoms with van der Waals surface area (Å²) in [5, 5.41) is 7.23. The molecule has 0 unspecified atom stereocenters. The van der Waals surface area contributed by atoms with Gasteiger partial charge in [0.25, 0.3) is 5.91 Å². The number of aromatic nitrogens is 5. The number of oxazole rings is 1. The topological polar surface area (TPSA) is 98.2 Å². The summed E-state index contributed by atoms with van der Waals surface area (Å²) in [6, 6.07) is 5.48. The van der Waals surface area contributed by atoms with E-state index in [0.29, 0.717) is 34.0 Å². The molecule has 0 bridgehead atoms. The lowest BCUT2D eigenvalue weighted by Crippen LogP contribution is -2.23. The third-order valence-corrected chi connectivity index (χ3v) is 3.91. The summed E-state index contributed by atoms with van der Waals surface area (Å²) in [7, 11) is 0. The van der Waals surface area contributed by atoms with Crippen LogP contribution in [-0.4, -0.2) is 30.5 Å². The fraction of sp³-hybridized carbons (Fsp3) is 0.235. The van der Waals surface area contributed by atoms with Crippen molar-refractivity contribution in [1.82, 2.24) is 29.9 Å². The quantitative estimate of drug-likeness (QED) is 0.615. The van der Waals surface area contributed by atoms with E-state index >= 15 is 0 Å². The number of hydrogen-bond donors (Lipinski definition) is 1. The number of carbonyl (C=O) groups is 1. The molecule has 0 aliphatic rings. The van der Waals surface area contributed by atoms with Crippen molar-refractivity contribution in [3.63, 3.8) is 0 Å². The number of fused-ring (bicyclic) bond motifs is 2. The largest absolute Gasteiger partial charge is 0.437 e. The van der Waals surface area contributed by atoms with Crippen molar-refractivity contribution in [3.8, 4) is 0 Å². The first-order valence-electron chi connectivity index (χ1n) is 7.85. The molecular formula is C17H16N6O2. The van der Waals surface area contributed by atoms with Gasteiger partial charge in [-0.1, -0.05) is 0 Å². The van der Waals surface area contributed by atoms with Crippen molar-refractivity contribution in [2.45, 2.75) is 27.3 Å². The standard InChI is InChI=1S/C17H16N6O2/c1-9-7-10(2)23-16(20-9)14(11(3)22-23)17(24)19-8-13-21-15-12(25-13)5-4-6-18-15/h4-7H,8H2,1-3H3,(H,19,24). The smallest absolute Gasteiger partial charge is 0.257 e. The van der Waals surface area contributed by atoms with E-state index in [9.17, 15) is 4.79 Å². The lowest BCUT2D eigenvalue weighted by molar-refractivity contribution is 0.0948. The van der Waals surface area contributed by atoms with Gasteiger partial charge in [-0.15, -0.1) is 0 Å². The highest BCUT2D eigenvalue weighted by Gasteiger charge is 2.20. The SMILES string of the molecule is Cc1cc(C)n2nc(C)c(C(=O)NCc3nc4ncccc4o3)c2n1. The Morgan fingerprint density at radius 1 is 1.28 bits per heavy atom. The molecule has 4 aromatic rings. The molecule has 1 N–H and O–H groups in total. The van der Waals surface area contributed by atoms with E-state index in [1.807, 2.05) is 19.9 Å². The van der Waals surface area contributed by atoms with Crippen LogP contribution >= 0.6 is 0 Å². The van der Waals surface area contributed by atoms with Crippen molar-refractivity contribution >= 4 is 22.8 Å². The van der Waals surface area contributed by atoms with Crippen molar-refractivity contribution in [3.05, 3.63) is 52.9 Å². The average molecular weight is 336 g/mol. The van der Waals surface area contributed by atoms with Crippen LogP contribution in [0.3, 0.4) is 0 Å². The Bertz CT molecular complexity index is 1080. The van der Waals surface area contributed by atoms with Crippen molar-refractivity contribution in [2.75, 3.05) is 0 Å². The van der Waals surface area contributed by atoms with Crippen molar-refractivity contribution < 1.29 is 9.21 Å². The average Bonchev–Trinajstić information content (AvgIpc) is 3.13. The molecule has 4 rings (SSSR count). The molecule has 0 spiro atoms. The normalized spacial score (nSPS) is 11.3. The van der Waals surface area contributed by atoms with E-state index in [4.69, 9.17) is 4.42 Å². The molecule has 0 atom stereocenters. The minimum Gasteiger partial charge on any atom is -0.437 e. The van der Waals surface area contributed by atoms with Crippen LogP contribution in [0.2, 0.25) is 0 Å². The van der Waals surface area contributed by atoms with Crippen LogP contribution in [0.5, 0.6) is 0 Å². The fourth-order valence-corrected chi connectivity index (χ4v) is 2.83. The monoisotopic (exact) mass is 336 g/mol. The Hall–Kier alpha value is -3.29. The molecule has 8 heteroatoms. The molecule has 0 saturated heterocycles. The summed E-state index contributed by atoms with van der Waals surface area (Å²) in [5.74, 6) is 0.136. The molecule has 0 aromatic carbocycles. The molecule has 0 saturated carbocycles. The van der Waals surface area contributed by atoms with Gasteiger partial charge in [0.2, 0.25) is 5.89 Å². The minimum absolute atomic E-state index is 0.163. The Balaban J connectivity index is 1.62. The lowest BCUT2D eigenvalue weighted by atomic mass is 10.2. The van der Waals surface area contributed by atoms with Gasteiger partial charge in [-0.2, -0.15) is 10.1 Å². The predicted octanol–water partition coefficient (Wildman–Crippen LogP) is 2.12. The van der Waals surface area contributed by atoms with Crippen LogP contribution < -0.4 is 5.32 Å². The number of amides is 1. The maximum absolute atomic E-state index is 12.7. The van der Waals surface area contributed by atoms with Crippen LogP contribution in [0.1, 0.15) is 33.3 Å². The highest BCUT2D eigenvalue weighted by Crippen LogP contribution is 2.17. The van der Waals surface area contributed by atoms with Crippen molar-refractivity contribution in [2.24, 2.45) is 0 Å². The minimum atomic E-state index is -0.264. The van der Waals surface area contributed by atoms with Gasteiger partial charge in [0.05, 0.1) is 12.2 Å². The molecule has 0 aliphatic carbocycles. The van der Waals surface area contributed by atoms with Gasteiger partial charge in [0, 0.05) is 17.6 Å². The summed E-state index contributed by atoms with van der Waals surface area (Å²) in [5.41, 5.74) is 4.50. The van der Waals surface area contributed by atoms with E-state index in [1.54, 1.807) is 29.8 Å². The molecule has 1 amide bonds. The number of hydrogen-bond acceptors (Lipinski definition) is 6. The van der Waals surface area contributed by atoms with Gasteiger partial charge in [-0.05, 0) is 39.0 Å². The third kappa shape index (κ3) is 2.61. The molecule has 0 radical (unpaired) electrons. The van der Waals surface area contributed by atoms with Gasteiger partial charge in [-0.25, -0.2) is 14.5 Å². The molecule has 0 fully saturated rings. The number of nitrogens with zero attached hydrogens (tertiary/aromatic N) is 5. The number of nitrogens with one attached hydrogen (secondary N) is 1. The molecule has 25 heavy (non-hydrogen) atoms. The highest BCUT2D eigenvalue weighted by atomic mass is 16.3. The summed E-state index contributed by atoms with van der Waals surface area (Å²) < 4.78 is 7.25. The van der Waals surface area contributed by atoms with Crippen LogP contribution in [0, 0.1) is 20.8 Å². The number of carbonyl (C=O) groups excluding carboxylic acids is 1. The van der Waals surface area contributed by atoms with Gasteiger partial charge < -0.3 is 9.73 Å². The zero-order valence-electron chi connectivity index (χ0n) is 14.1. The highest BCUT2D eigenvalue weighted by molar-refractivity contribution is 6.01. The second-order valence-corrected chi connectivity index (χ2v) is 5.85. The van der Waals surface area contributed by atoms with Crippen LogP contribution in [0.15, 0.2) is 28.8 Å². The van der Waals surface area contributed by atoms with Crippen LogP contribution in [-0.2, 0) is 6.54 Å². The first kappa shape index (κ1) is 15.3. The lowest BCUT2D eigenvalue weighted by Gasteiger charge is -2.03. The second kappa shape index (κ2) is 5.66. The van der Waals surface area contributed by atoms with E-state index in [1.165, 1.54) is 0 Å². The summed E-state index contributed by atoms with van der Waals surface area (Å²) in [4.78, 5) is 25.5. The van der Waals surface area contributed by atoms with E-state index in [0.717, 1.165) is 11.4 Å². The molecule has 4 heterocycles. The number of rotatable bonds is 3. The van der Waals surface area contributed by atoms with E-state index in [2.05, 4.69) is 25.4 Å². The van der Waals surface area contributed by atoms with Crippen LogP contribution in [0.25, 0.3) is 16.9 Å². The number of aryl methyl sites for hydroxylation is 3. The Labute approximate surface area is 142 Å². The third-order valence-electron chi connectivity index (χ3n) is 3.91. The predicted molar refractivity (Wildman–Crippen MR) is 90.2 cm³/mol. The number of pyridine rings is 1. The second-order valence-electron chi connectivity index (χ2n) is 5.85. The first-order chi connectivity index (χ1) is 12.0. The van der Waals surface area contributed by atoms with Gasteiger partial charge in [0.15, 0.2) is 16.9 Å². The van der Waals surface area contributed by atoms with Crippen LogP contribution in [0.4, 0.5) is 0 Å². The fourth-order valence-electron chi connectivity index (χ4n) is 2.83. The zero-order valence-corrected chi connectivity index (χ0v) is 14.1. The van der Waals surface area contributed by atoms with Crippen molar-refractivity contribution in [1.29, 1.82) is 0 Å².